The van der Waals surface area contributed by atoms with E-state index in [1.54, 1.807) is 12.1 Å². The van der Waals surface area contributed by atoms with E-state index in [0.29, 0.717) is 11.5 Å². The number of fused-ring (bicyclic) bond motifs is 1. The van der Waals surface area contributed by atoms with Gasteiger partial charge in [0.1, 0.15) is 0 Å². The molecule has 1 atom stereocenters. The Hall–Kier alpha value is -2.29. The van der Waals surface area contributed by atoms with Gasteiger partial charge in [0.15, 0.2) is 0 Å². The average Bonchev–Trinajstić information content (AvgIpc) is 2.53. The van der Waals surface area contributed by atoms with E-state index in [1.807, 2.05) is 18.2 Å². The highest BCUT2D eigenvalue weighted by Gasteiger charge is 2.05. The Kier molecular flexibility index (Phi) is 6.42. The monoisotopic (exact) mass is 325 g/mol. The SMILES string of the molecule is CC(C)=CCC[C@H](C)CCNc1ccc2cc(C(=O)O)ccc2c1. The topological polar surface area (TPSA) is 49.3 Å². The molecule has 0 aliphatic rings. The van der Waals surface area contributed by atoms with Gasteiger partial charge in [0.25, 0.3) is 0 Å². The van der Waals surface area contributed by atoms with Crippen molar-refractivity contribution in [3.8, 4) is 0 Å². The first-order valence-corrected chi connectivity index (χ1v) is 8.60. The van der Waals surface area contributed by atoms with Crippen LogP contribution in [0, 0.1) is 5.92 Å². The van der Waals surface area contributed by atoms with Crippen LogP contribution in [0.5, 0.6) is 0 Å². The molecule has 3 heteroatoms. The van der Waals surface area contributed by atoms with Crippen LogP contribution in [0.15, 0.2) is 48.0 Å². The summed E-state index contributed by atoms with van der Waals surface area (Å²) in [4.78, 5) is 11.0. The zero-order chi connectivity index (χ0) is 17.5. The van der Waals surface area contributed by atoms with E-state index >= 15 is 0 Å². The van der Waals surface area contributed by atoms with Crippen molar-refractivity contribution in [3.05, 3.63) is 53.6 Å². The number of hydrogen-bond acceptors (Lipinski definition) is 2. The normalized spacial score (nSPS) is 12.0. The fourth-order valence-electron chi connectivity index (χ4n) is 2.75. The number of carboxylic acid groups (broad SMARTS) is 1. The summed E-state index contributed by atoms with van der Waals surface area (Å²) in [5, 5.41) is 14.5. The van der Waals surface area contributed by atoms with Crippen LogP contribution < -0.4 is 5.32 Å². The van der Waals surface area contributed by atoms with Gasteiger partial charge in [0.05, 0.1) is 5.56 Å². The smallest absolute Gasteiger partial charge is 0.335 e. The van der Waals surface area contributed by atoms with Gasteiger partial charge in [-0.1, -0.05) is 30.7 Å². The maximum atomic E-state index is 11.0. The third-order valence-electron chi connectivity index (χ3n) is 4.27. The number of aromatic carboxylic acids is 1. The number of allylic oxidation sites excluding steroid dienone is 2. The van der Waals surface area contributed by atoms with Crippen molar-refractivity contribution >= 4 is 22.4 Å². The van der Waals surface area contributed by atoms with E-state index in [0.717, 1.165) is 35.8 Å². The minimum atomic E-state index is -0.888. The lowest BCUT2D eigenvalue weighted by atomic mass is 10.0. The molecule has 3 nitrogen and oxygen atoms in total. The molecule has 128 valence electrons. The van der Waals surface area contributed by atoms with Crippen LogP contribution in [-0.2, 0) is 0 Å². The summed E-state index contributed by atoms with van der Waals surface area (Å²) < 4.78 is 0. The highest BCUT2D eigenvalue weighted by atomic mass is 16.4. The second-order valence-electron chi connectivity index (χ2n) is 6.76. The lowest BCUT2D eigenvalue weighted by Gasteiger charge is -2.12. The van der Waals surface area contributed by atoms with Crippen molar-refractivity contribution in [1.82, 2.24) is 0 Å². The van der Waals surface area contributed by atoms with Crippen LogP contribution in [-0.4, -0.2) is 17.6 Å². The maximum Gasteiger partial charge on any atom is 0.335 e. The molecule has 0 heterocycles. The van der Waals surface area contributed by atoms with Gasteiger partial charge >= 0.3 is 5.97 Å². The third kappa shape index (κ3) is 5.41. The predicted octanol–water partition coefficient (Wildman–Crippen LogP) is 5.72. The van der Waals surface area contributed by atoms with E-state index in [4.69, 9.17) is 5.11 Å². The highest BCUT2D eigenvalue weighted by molar-refractivity contribution is 5.95. The molecule has 0 bridgehead atoms. The Morgan fingerprint density at radius 3 is 2.54 bits per heavy atom. The second kappa shape index (κ2) is 8.53. The van der Waals surface area contributed by atoms with Crippen LogP contribution >= 0.6 is 0 Å². The van der Waals surface area contributed by atoms with Crippen LogP contribution in [0.3, 0.4) is 0 Å². The van der Waals surface area contributed by atoms with Gasteiger partial charge in [-0.15, -0.1) is 0 Å². The van der Waals surface area contributed by atoms with Crippen molar-refractivity contribution in [1.29, 1.82) is 0 Å². The summed E-state index contributed by atoms with van der Waals surface area (Å²) in [6.45, 7) is 7.54. The van der Waals surface area contributed by atoms with Crippen LogP contribution in [0.25, 0.3) is 10.8 Å². The minimum absolute atomic E-state index is 0.327. The van der Waals surface area contributed by atoms with Gasteiger partial charge < -0.3 is 10.4 Å². The number of nitrogens with one attached hydrogen (secondary N) is 1. The number of hydrogen-bond donors (Lipinski definition) is 2. The van der Waals surface area contributed by atoms with Crippen LogP contribution in [0.2, 0.25) is 0 Å². The molecular formula is C21H27NO2. The van der Waals surface area contributed by atoms with Crippen molar-refractivity contribution < 1.29 is 9.90 Å². The Morgan fingerprint density at radius 1 is 1.12 bits per heavy atom. The lowest BCUT2D eigenvalue weighted by molar-refractivity contribution is 0.0697. The van der Waals surface area contributed by atoms with E-state index in [-0.39, 0.29) is 0 Å². The molecular weight excluding hydrogens is 298 g/mol. The number of carbonyl (C=O) groups is 1. The summed E-state index contributed by atoms with van der Waals surface area (Å²) >= 11 is 0. The van der Waals surface area contributed by atoms with E-state index in [9.17, 15) is 4.79 Å². The highest BCUT2D eigenvalue weighted by Crippen LogP contribution is 2.21. The molecule has 0 saturated heterocycles. The molecule has 0 unspecified atom stereocenters. The molecule has 2 aromatic carbocycles. The van der Waals surface area contributed by atoms with Crippen molar-refractivity contribution in [2.45, 2.75) is 40.0 Å². The molecule has 0 spiro atoms. The molecule has 2 aromatic rings. The quantitative estimate of drug-likeness (QED) is 0.610. The van der Waals surface area contributed by atoms with Gasteiger partial charge in [-0.2, -0.15) is 0 Å². The van der Waals surface area contributed by atoms with Crippen molar-refractivity contribution in [2.75, 3.05) is 11.9 Å². The molecule has 0 aromatic heterocycles. The Balaban J connectivity index is 1.88. The first-order chi connectivity index (χ1) is 11.5. The molecule has 2 N–H and O–H groups in total. The third-order valence-corrected chi connectivity index (χ3v) is 4.27. The molecule has 0 radical (unpaired) electrons. The Bertz CT molecular complexity index is 730. The first kappa shape index (κ1) is 18.1. The molecule has 0 fully saturated rings. The van der Waals surface area contributed by atoms with Gasteiger partial charge in [-0.3, -0.25) is 0 Å². The average molecular weight is 325 g/mol. The zero-order valence-corrected chi connectivity index (χ0v) is 14.8. The van der Waals surface area contributed by atoms with E-state index in [1.165, 1.54) is 12.0 Å². The number of carboxylic acids is 1. The van der Waals surface area contributed by atoms with Gasteiger partial charge in [-0.05, 0) is 74.1 Å². The van der Waals surface area contributed by atoms with E-state index < -0.39 is 5.97 Å². The molecule has 0 amide bonds. The number of rotatable bonds is 8. The van der Waals surface area contributed by atoms with Crippen LogP contribution in [0.1, 0.15) is 50.4 Å². The first-order valence-electron chi connectivity index (χ1n) is 8.60. The summed E-state index contributed by atoms with van der Waals surface area (Å²) in [6.07, 6.45) is 5.83. The molecule has 2 rings (SSSR count). The molecule has 0 saturated carbocycles. The van der Waals surface area contributed by atoms with Crippen molar-refractivity contribution in [2.24, 2.45) is 5.92 Å². The number of benzene rings is 2. The molecule has 0 aliphatic heterocycles. The fraction of sp³-hybridized carbons (Fsp3) is 0.381. The Morgan fingerprint density at radius 2 is 1.83 bits per heavy atom. The Labute approximate surface area is 144 Å². The van der Waals surface area contributed by atoms with Gasteiger partial charge in [-0.25, -0.2) is 4.79 Å². The predicted molar refractivity (Wildman–Crippen MR) is 102 cm³/mol. The largest absolute Gasteiger partial charge is 0.478 e. The standard InChI is InChI=1S/C21H27NO2/c1-15(2)5-4-6-16(3)11-12-22-20-10-9-17-13-19(21(23)24)8-7-18(17)14-20/h5,7-10,13-14,16,22H,4,6,11-12H2,1-3H3,(H,23,24)/t16-/m0/s1. The summed E-state index contributed by atoms with van der Waals surface area (Å²) in [6, 6.07) is 11.3. The van der Waals surface area contributed by atoms with Crippen LogP contribution in [0.4, 0.5) is 5.69 Å². The molecule has 24 heavy (non-hydrogen) atoms. The lowest BCUT2D eigenvalue weighted by Crippen LogP contribution is -2.06. The van der Waals surface area contributed by atoms with Gasteiger partial charge in [0, 0.05) is 12.2 Å². The number of anilines is 1. The fourth-order valence-corrected chi connectivity index (χ4v) is 2.75. The summed E-state index contributed by atoms with van der Waals surface area (Å²) in [7, 11) is 0. The maximum absolute atomic E-state index is 11.0. The second-order valence-corrected chi connectivity index (χ2v) is 6.76. The molecule has 0 aliphatic carbocycles. The zero-order valence-electron chi connectivity index (χ0n) is 14.8. The van der Waals surface area contributed by atoms with Gasteiger partial charge in [0.2, 0.25) is 0 Å². The van der Waals surface area contributed by atoms with Crippen molar-refractivity contribution in [3.63, 3.8) is 0 Å². The minimum Gasteiger partial charge on any atom is -0.478 e. The van der Waals surface area contributed by atoms with E-state index in [2.05, 4.69) is 38.2 Å². The summed E-state index contributed by atoms with van der Waals surface area (Å²) in [5.41, 5.74) is 2.80. The summed E-state index contributed by atoms with van der Waals surface area (Å²) in [5.74, 6) is -0.187.